The molecule has 0 atom stereocenters. The Morgan fingerprint density at radius 3 is 2.21 bits per heavy atom. The lowest BCUT2D eigenvalue weighted by atomic mass is 10.0. The number of nitrogens with one attached hydrogen (secondary N) is 1. The summed E-state index contributed by atoms with van der Waals surface area (Å²) in [7, 11) is -3.58. The van der Waals surface area contributed by atoms with Crippen molar-refractivity contribution in [1.29, 1.82) is 0 Å². The maximum atomic E-state index is 13.0. The summed E-state index contributed by atoms with van der Waals surface area (Å²) in [6.07, 6.45) is 6.36. The minimum absolute atomic E-state index is 0.0392. The van der Waals surface area contributed by atoms with Crippen LogP contribution in [0.25, 0.3) is 0 Å². The average Bonchev–Trinajstić information content (AvgIpc) is 3.22. The highest BCUT2D eigenvalue weighted by Crippen LogP contribution is 2.32. The molecule has 1 N–H and O–H groups in total. The molecular weight excluding hydrogens is 386 g/mol. The van der Waals surface area contributed by atoms with Crippen LogP contribution in [0, 0.1) is 5.92 Å². The van der Waals surface area contributed by atoms with E-state index in [1.54, 1.807) is 12.1 Å². The number of hydrogen-bond donors (Lipinski definition) is 1. The van der Waals surface area contributed by atoms with Gasteiger partial charge in [-0.25, -0.2) is 8.42 Å². The van der Waals surface area contributed by atoms with E-state index < -0.39 is 10.0 Å². The van der Waals surface area contributed by atoms with Gasteiger partial charge in [0.2, 0.25) is 15.9 Å². The van der Waals surface area contributed by atoms with E-state index in [-0.39, 0.29) is 10.8 Å². The Balaban J connectivity index is 2.28. The van der Waals surface area contributed by atoms with Crippen molar-refractivity contribution in [3.8, 4) is 0 Å². The van der Waals surface area contributed by atoms with Gasteiger partial charge in [0, 0.05) is 32.6 Å². The van der Waals surface area contributed by atoms with E-state index in [0.717, 1.165) is 25.2 Å². The van der Waals surface area contributed by atoms with E-state index in [9.17, 15) is 13.2 Å². The van der Waals surface area contributed by atoms with E-state index in [0.29, 0.717) is 31.1 Å². The topological polar surface area (TPSA) is 69.7 Å². The molecule has 1 amide bonds. The molecule has 2 rings (SSSR count). The standard InChI is InChI=1S/C22H37N3O3S/c1-5-24(6-2)21-15-14-19(29(27,28)25(7-3)8-4)17-20(21)23-22(26)16-13-18-11-9-10-12-18/h14-15,17-18H,5-13,16H2,1-4H3,(H,23,26). The van der Waals surface area contributed by atoms with Crippen LogP contribution in [-0.2, 0) is 14.8 Å². The molecule has 1 fully saturated rings. The van der Waals surface area contributed by atoms with Gasteiger partial charge < -0.3 is 10.2 Å². The lowest BCUT2D eigenvalue weighted by molar-refractivity contribution is -0.116. The van der Waals surface area contributed by atoms with Gasteiger partial charge in [-0.05, 0) is 44.4 Å². The fourth-order valence-corrected chi connectivity index (χ4v) is 5.66. The second-order valence-electron chi connectivity index (χ2n) is 7.68. The maximum Gasteiger partial charge on any atom is 0.243 e. The molecule has 1 aliphatic carbocycles. The number of hydrogen-bond acceptors (Lipinski definition) is 4. The molecule has 1 aromatic carbocycles. The van der Waals surface area contributed by atoms with Gasteiger partial charge in [-0.15, -0.1) is 0 Å². The molecule has 0 aliphatic heterocycles. The van der Waals surface area contributed by atoms with E-state index in [1.165, 1.54) is 30.0 Å². The number of benzene rings is 1. The molecule has 1 saturated carbocycles. The number of carbonyl (C=O) groups excluding carboxylic acids is 1. The number of anilines is 2. The van der Waals surface area contributed by atoms with Gasteiger partial charge in [0.05, 0.1) is 16.3 Å². The van der Waals surface area contributed by atoms with E-state index in [2.05, 4.69) is 24.1 Å². The van der Waals surface area contributed by atoms with E-state index in [1.807, 2.05) is 19.9 Å². The van der Waals surface area contributed by atoms with Crippen LogP contribution in [0.4, 0.5) is 11.4 Å². The first kappa shape index (κ1) is 23.7. The SMILES string of the molecule is CCN(CC)c1ccc(S(=O)(=O)N(CC)CC)cc1NC(=O)CCC1CCCC1. The van der Waals surface area contributed by atoms with Crippen LogP contribution in [0.5, 0.6) is 0 Å². The minimum atomic E-state index is -3.58. The zero-order chi connectivity index (χ0) is 21.4. The molecule has 7 heteroatoms. The van der Waals surface area contributed by atoms with Crippen molar-refractivity contribution in [3.05, 3.63) is 18.2 Å². The van der Waals surface area contributed by atoms with Crippen molar-refractivity contribution < 1.29 is 13.2 Å². The fourth-order valence-electron chi connectivity index (χ4n) is 4.18. The van der Waals surface area contributed by atoms with E-state index in [4.69, 9.17) is 0 Å². The van der Waals surface area contributed by atoms with Crippen molar-refractivity contribution in [3.63, 3.8) is 0 Å². The average molecular weight is 424 g/mol. The minimum Gasteiger partial charge on any atom is -0.370 e. The molecule has 164 valence electrons. The van der Waals surface area contributed by atoms with Crippen LogP contribution in [0.15, 0.2) is 23.1 Å². The number of nitrogens with zero attached hydrogens (tertiary/aromatic N) is 2. The Hall–Kier alpha value is -1.60. The Labute approximate surface area is 176 Å². The first-order chi connectivity index (χ1) is 13.9. The number of sulfonamides is 1. The molecule has 29 heavy (non-hydrogen) atoms. The van der Waals surface area contributed by atoms with Gasteiger partial charge in [-0.3, -0.25) is 4.79 Å². The quantitative estimate of drug-likeness (QED) is 0.570. The van der Waals surface area contributed by atoms with Gasteiger partial charge in [0.25, 0.3) is 0 Å². The monoisotopic (exact) mass is 423 g/mol. The molecule has 0 heterocycles. The van der Waals surface area contributed by atoms with Gasteiger partial charge in [0.1, 0.15) is 0 Å². The molecule has 0 bridgehead atoms. The summed E-state index contributed by atoms with van der Waals surface area (Å²) in [6, 6.07) is 5.08. The zero-order valence-electron chi connectivity index (χ0n) is 18.4. The van der Waals surface area contributed by atoms with Crippen molar-refractivity contribution in [2.24, 2.45) is 5.92 Å². The summed E-state index contributed by atoms with van der Waals surface area (Å²) in [5.74, 6) is 0.611. The normalized spacial score (nSPS) is 15.1. The first-order valence-corrected chi connectivity index (χ1v) is 12.5. The van der Waals surface area contributed by atoms with Gasteiger partial charge in [0.15, 0.2) is 0 Å². The van der Waals surface area contributed by atoms with Crippen molar-refractivity contribution >= 4 is 27.3 Å². The molecule has 0 radical (unpaired) electrons. The summed E-state index contributed by atoms with van der Waals surface area (Å²) < 4.78 is 27.3. The Morgan fingerprint density at radius 2 is 1.66 bits per heavy atom. The van der Waals surface area contributed by atoms with Crippen LogP contribution in [0.2, 0.25) is 0 Å². The van der Waals surface area contributed by atoms with Crippen molar-refractivity contribution in [1.82, 2.24) is 4.31 Å². The lowest BCUT2D eigenvalue weighted by Gasteiger charge is -2.26. The van der Waals surface area contributed by atoms with Crippen LogP contribution in [-0.4, -0.2) is 44.8 Å². The molecular formula is C22H37N3O3S. The number of rotatable bonds is 11. The molecule has 6 nitrogen and oxygen atoms in total. The summed E-state index contributed by atoms with van der Waals surface area (Å²) in [5, 5.41) is 3.01. The predicted octanol–water partition coefficient (Wildman–Crippen LogP) is 4.47. The molecule has 0 aromatic heterocycles. The summed E-state index contributed by atoms with van der Waals surface area (Å²) in [6.45, 7) is 10.2. The third-order valence-corrected chi connectivity index (χ3v) is 7.99. The smallest absolute Gasteiger partial charge is 0.243 e. The molecule has 1 aliphatic rings. The largest absolute Gasteiger partial charge is 0.370 e. The zero-order valence-corrected chi connectivity index (χ0v) is 19.2. The summed E-state index contributed by atoms with van der Waals surface area (Å²) in [5.41, 5.74) is 1.45. The fraction of sp³-hybridized carbons (Fsp3) is 0.682. The Bertz CT molecular complexity index is 766. The molecule has 0 saturated heterocycles. The second kappa shape index (κ2) is 11.0. The van der Waals surface area contributed by atoms with Crippen molar-refractivity contribution in [2.45, 2.75) is 71.1 Å². The molecule has 0 spiro atoms. The van der Waals surface area contributed by atoms with Gasteiger partial charge >= 0.3 is 0 Å². The molecule has 1 aromatic rings. The van der Waals surface area contributed by atoms with E-state index >= 15 is 0 Å². The van der Waals surface area contributed by atoms with Crippen LogP contribution in [0.3, 0.4) is 0 Å². The maximum absolute atomic E-state index is 13.0. The summed E-state index contributed by atoms with van der Waals surface area (Å²) in [4.78, 5) is 15.0. The predicted molar refractivity (Wildman–Crippen MR) is 120 cm³/mol. The highest BCUT2D eigenvalue weighted by atomic mass is 32.2. The first-order valence-electron chi connectivity index (χ1n) is 11.1. The Kier molecular flexibility index (Phi) is 8.96. The van der Waals surface area contributed by atoms with Gasteiger partial charge in [-0.2, -0.15) is 4.31 Å². The highest BCUT2D eigenvalue weighted by molar-refractivity contribution is 7.89. The summed E-state index contributed by atoms with van der Waals surface area (Å²) >= 11 is 0. The third kappa shape index (κ3) is 5.95. The number of amides is 1. The van der Waals surface area contributed by atoms with Crippen LogP contribution < -0.4 is 10.2 Å². The third-order valence-electron chi connectivity index (χ3n) is 5.94. The second-order valence-corrected chi connectivity index (χ2v) is 9.62. The number of carbonyl (C=O) groups is 1. The highest BCUT2D eigenvalue weighted by Gasteiger charge is 2.24. The lowest BCUT2D eigenvalue weighted by Crippen LogP contribution is -2.31. The van der Waals surface area contributed by atoms with Gasteiger partial charge in [-0.1, -0.05) is 39.5 Å². The Morgan fingerprint density at radius 1 is 1.03 bits per heavy atom. The molecule has 0 unspecified atom stereocenters. The van der Waals surface area contributed by atoms with Crippen LogP contribution in [0.1, 0.15) is 66.2 Å². The van der Waals surface area contributed by atoms with Crippen molar-refractivity contribution in [2.75, 3.05) is 36.4 Å². The van der Waals surface area contributed by atoms with Crippen LogP contribution >= 0.6 is 0 Å².